The van der Waals surface area contributed by atoms with Crippen LogP contribution in [0.5, 0.6) is 0 Å². The lowest BCUT2D eigenvalue weighted by Gasteiger charge is -2.36. The molecule has 2 aromatic carbocycles. The van der Waals surface area contributed by atoms with Crippen molar-refractivity contribution in [2.45, 2.75) is 44.2 Å². The molecular formula is C23H23ClFNO3. The Bertz CT molecular complexity index is 1010. The van der Waals surface area contributed by atoms with E-state index in [2.05, 4.69) is 5.32 Å². The third-order valence-corrected chi connectivity index (χ3v) is 6.37. The van der Waals surface area contributed by atoms with Gasteiger partial charge in [0.15, 0.2) is 0 Å². The number of carbonyl (C=O) groups is 1. The number of aliphatic hydroxyl groups is 1. The Labute approximate surface area is 174 Å². The smallest absolute Gasteiger partial charge is 0.256 e. The first-order valence-corrected chi connectivity index (χ1v) is 10.1. The van der Waals surface area contributed by atoms with E-state index in [9.17, 15) is 14.3 Å². The number of hydrogen-bond donors (Lipinski definition) is 2. The zero-order valence-electron chi connectivity index (χ0n) is 16.4. The van der Waals surface area contributed by atoms with Crippen molar-refractivity contribution in [3.8, 4) is 11.1 Å². The number of methoxy groups -OCH3 is 1. The molecule has 0 radical (unpaired) electrons. The van der Waals surface area contributed by atoms with Crippen LogP contribution in [-0.2, 0) is 9.53 Å². The van der Waals surface area contributed by atoms with Crippen LogP contribution in [0.1, 0.15) is 36.8 Å². The summed E-state index contributed by atoms with van der Waals surface area (Å²) in [6.45, 7) is 1.87. The largest absolute Gasteiger partial charge is 0.509 e. The normalized spacial score (nSPS) is 24.3. The molecule has 29 heavy (non-hydrogen) atoms. The molecule has 1 spiro atoms. The van der Waals surface area contributed by atoms with Crippen LogP contribution < -0.4 is 5.32 Å². The van der Waals surface area contributed by atoms with Crippen molar-refractivity contribution in [2.24, 2.45) is 0 Å². The molecule has 1 heterocycles. The molecule has 0 unspecified atom stereocenters. The summed E-state index contributed by atoms with van der Waals surface area (Å²) in [5.41, 5.74) is 1.99. The molecule has 2 aliphatic rings. The highest BCUT2D eigenvalue weighted by Crippen LogP contribution is 2.43. The van der Waals surface area contributed by atoms with Crippen molar-refractivity contribution in [2.75, 3.05) is 7.11 Å². The standard InChI is InChI=1S/C23H23ClFNO3/c1-13-3-4-14(17-6-5-15(24)12-19(17)25)11-18(13)20-21(27)23(26-22(20)28)9-7-16(29-2)8-10-23/h3-6,11-12,16,27H,7-10H2,1-2H3,(H,26,28)/t16-,23-. The van der Waals surface area contributed by atoms with Gasteiger partial charge < -0.3 is 15.2 Å². The second-order valence-corrected chi connectivity index (χ2v) is 8.29. The average molecular weight is 416 g/mol. The van der Waals surface area contributed by atoms with E-state index in [1.807, 2.05) is 13.0 Å². The third-order valence-electron chi connectivity index (χ3n) is 6.14. The molecule has 152 valence electrons. The van der Waals surface area contributed by atoms with E-state index in [1.165, 1.54) is 6.07 Å². The molecule has 4 rings (SSSR count). The fourth-order valence-electron chi connectivity index (χ4n) is 4.40. The van der Waals surface area contributed by atoms with Crippen LogP contribution in [0.25, 0.3) is 16.7 Å². The second kappa shape index (κ2) is 7.47. The highest BCUT2D eigenvalue weighted by molar-refractivity contribution is 6.30. The maximum Gasteiger partial charge on any atom is 0.256 e. The van der Waals surface area contributed by atoms with Crippen molar-refractivity contribution >= 4 is 23.1 Å². The number of rotatable bonds is 3. The van der Waals surface area contributed by atoms with Crippen molar-refractivity contribution in [1.82, 2.24) is 5.32 Å². The summed E-state index contributed by atoms with van der Waals surface area (Å²) in [6.07, 6.45) is 2.92. The number of halogens is 2. The monoisotopic (exact) mass is 415 g/mol. The van der Waals surface area contributed by atoms with E-state index in [-0.39, 0.29) is 23.3 Å². The van der Waals surface area contributed by atoms with Crippen molar-refractivity contribution in [3.05, 3.63) is 64.1 Å². The Morgan fingerprint density at radius 3 is 2.55 bits per heavy atom. The van der Waals surface area contributed by atoms with E-state index in [4.69, 9.17) is 16.3 Å². The van der Waals surface area contributed by atoms with E-state index in [0.29, 0.717) is 34.6 Å². The predicted octanol–water partition coefficient (Wildman–Crippen LogP) is 5.18. The Morgan fingerprint density at radius 2 is 1.90 bits per heavy atom. The van der Waals surface area contributed by atoms with Gasteiger partial charge in [0.2, 0.25) is 0 Å². The molecule has 2 aromatic rings. The van der Waals surface area contributed by atoms with E-state index in [0.717, 1.165) is 18.4 Å². The van der Waals surface area contributed by atoms with E-state index < -0.39 is 11.4 Å². The molecule has 0 bridgehead atoms. The Morgan fingerprint density at radius 1 is 1.17 bits per heavy atom. The topological polar surface area (TPSA) is 58.6 Å². The second-order valence-electron chi connectivity index (χ2n) is 7.85. The molecular weight excluding hydrogens is 393 g/mol. The molecule has 4 nitrogen and oxygen atoms in total. The Balaban J connectivity index is 1.77. The average Bonchev–Trinajstić information content (AvgIpc) is 2.93. The molecule has 6 heteroatoms. The summed E-state index contributed by atoms with van der Waals surface area (Å²) in [4.78, 5) is 12.9. The molecule has 1 aliphatic carbocycles. The van der Waals surface area contributed by atoms with Gasteiger partial charge >= 0.3 is 0 Å². The van der Waals surface area contributed by atoms with Crippen molar-refractivity contribution < 1.29 is 19.0 Å². The van der Waals surface area contributed by atoms with Gasteiger partial charge in [-0.25, -0.2) is 4.39 Å². The summed E-state index contributed by atoms with van der Waals surface area (Å²) < 4.78 is 19.8. The Hall–Kier alpha value is -2.37. The van der Waals surface area contributed by atoms with Crippen molar-refractivity contribution in [3.63, 3.8) is 0 Å². The van der Waals surface area contributed by atoms with Gasteiger partial charge in [-0.3, -0.25) is 4.79 Å². The van der Waals surface area contributed by atoms with Gasteiger partial charge in [-0.15, -0.1) is 0 Å². The SMILES string of the molecule is CO[C@H]1CC[C@@]2(CC1)NC(=O)C(c1cc(-c3ccc(Cl)cc3F)ccc1C)=C2O. The van der Waals surface area contributed by atoms with Gasteiger partial charge in [-0.1, -0.05) is 23.7 Å². The first-order chi connectivity index (χ1) is 13.8. The first kappa shape index (κ1) is 19.9. The molecule has 2 N–H and O–H groups in total. The molecule has 1 amide bonds. The number of amides is 1. The highest BCUT2D eigenvalue weighted by Gasteiger charge is 2.48. The summed E-state index contributed by atoms with van der Waals surface area (Å²) in [7, 11) is 1.68. The van der Waals surface area contributed by atoms with Gasteiger partial charge in [-0.05, 0) is 73.6 Å². The van der Waals surface area contributed by atoms with Gasteiger partial charge in [-0.2, -0.15) is 0 Å². The summed E-state index contributed by atoms with van der Waals surface area (Å²) in [6, 6.07) is 9.89. The molecule has 0 atom stereocenters. The minimum atomic E-state index is -0.741. The number of ether oxygens (including phenoxy) is 1. The number of hydrogen-bond acceptors (Lipinski definition) is 3. The minimum Gasteiger partial charge on any atom is -0.509 e. The Kier molecular flexibility index (Phi) is 5.13. The molecule has 1 aliphatic heterocycles. The maximum atomic E-state index is 14.4. The number of aryl methyl sites for hydroxylation is 1. The zero-order chi connectivity index (χ0) is 20.8. The van der Waals surface area contributed by atoms with Crippen LogP contribution in [0, 0.1) is 12.7 Å². The van der Waals surface area contributed by atoms with Crippen LogP contribution in [0.4, 0.5) is 4.39 Å². The van der Waals surface area contributed by atoms with Gasteiger partial charge in [0.1, 0.15) is 11.6 Å². The van der Waals surface area contributed by atoms with Crippen LogP contribution in [0.15, 0.2) is 42.2 Å². The quantitative estimate of drug-likeness (QED) is 0.726. The van der Waals surface area contributed by atoms with Crippen molar-refractivity contribution in [1.29, 1.82) is 0 Å². The summed E-state index contributed by atoms with van der Waals surface area (Å²) in [5.74, 6) is -0.653. The number of benzene rings is 2. The molecule has 1 saturated carbocycles. The van der Waals surface area contributed by atoms with Gasteiger partial charge in [0.25, 0.3) is 5.91 Å². The molecule has 0 aromatic heterocycles. The fraction of sp³-hybridized carbons (Fsp3) is 0.348. The summed E-state index contributed by atoms with van der Waals surface area (Å²) >= 11 is 5.86. The van der Waals surface area contributed by atoms with E-state index >= 15 is 0 Å². The molecule has 1 fully saturated rings. The zero-order valence-corrected chi connectivity index (χ0v) is 17.1. The minimum absolute atomic E-state index is 0.0777. The predicted molar refractivity (Wildman–Crippen MR) is 111 cm³/mol. The van der Waals surface area contributed by atoms with Gasteiger partial charge in [0.05, 0.1) is 17.2 Å². The fourth-order valence-corrected chi connectivity index (χ4v) is 4.56. The third kappa shape index (κ3) is 3.43. The number of nitrogens with one attached hydrogen (secondary N) is 1. The number of aliphatic hydroxyl groups excluding tert-OH is 1. The van der Waals surface area contributed by atoms with Crippen LogP contribution in [-0.4, -0.2) is 29.8 Å². The van der Waals surface area contributed by atoms with Crippen LogP contribution in [0.2, 0.25) is 5.02 Å². The summed E-state index contributed by atoms with van der Waals surface area (Å²) in [5, 5.41) is 14.4. The number of carbonyl (C=O) groups excluding carboxylic acids is 1. The van der Waals surface area contributed by atoms with Crippen LogP contribution in [0.3, 0.4) is 0 Å². The lowest BCUT2D eigenvalue weighted by Crippen LogP contribution is -2.48. The lowest BCUT2D eigenvalue weighted by atomic mass is 9.79. The van der Waals surface area contributed by atoms with Gasteiger partial charge in [0, 0.05) is 17.7 Å². The first-order valence-electron chi connectivity index (χ1n) is 9.70. The highest BCUT2D eigenvalue weighted by atomic mass is 35.5. The van der Waals surface area contributed by atoms with Crippen LogP contribution >= 0.6 is 11.6 Å². The maximum absolute atomic E-state index is 14.4. The lowest BCUT2D eigenvalue weighted by molar-refractivity contribution is -0.116. The molecule has 0 saturated heterocycles. The van der Waals surface area contributed by atoms with E-state index in [1.54, 1.807) is 31.4 Å².